The van der Waals surface area contributed by atoms with Crippen molar-refractivity contribution in [1.82, 2.24) is 24.6 Å². The van der Waals surface area contributed by atoms with Crippen LogP contribution in [0.5, 0.6) is 0 Å². The van der Waals surface area contributed by atoms with E-state index in [0.717, 1.165) is 71.9 Å². The average molecular weight is 525 g/mol. The lowest BCUT2D eigenvalue weighted by atomic mass is 10.1. The summed E-state index contributed by atoms with van der Waals surface area (Å²) in [6.07, 6.45) is 6.06. The second-order valence-corrected chi connectivity index (χ2v) is 11.0. The Labute approximate surface area is 227 Å². The summed E-state index contributed by atoms with van der Waals surface area (Å²) in [5.41, 5.74) is 3.03. The number of anilines is 1. The molecule has 1 atom stereocenters. The summed E-state index contributed by atoms with van der Waals surface area (Å²) in [5, 5.41) is 10.6. The van der Waals surface area contributed by atoms with Gasteiger partial charge < -0.3 is 24.2 Å². The third kappa shape index (κ3) is 6.94. The maximum Gasteiger partial charge on any atom is 0.275 e. The van der Waals surface area contributed by atoms with E-state index < -0.39 is 0 Å². The molecule has 0 saturated carbocycles. The van der Waals surface area contributed by atoms with E-state index in [1.165, 1.54) is 36.8 Å². The number of carbonyl (C=O) groups is 1. The van der Waals surface area contributed by atoms with Gasteiger partial charge in [-0.15, -0.1) is 0 Å². The second kappa shape index (κ2) is 13.1. The normalized spacial score (nSPS) is 21.1. The largest absolute Gasteiger partial charge is 0.447 e. The van der Waals surface area contributed by atoms with Crippen molar-refractivity contribution in [2.75, 3.05) is 83.4 Å². The summed E-state index contributed by atoms with van der Waals surface area (Å²) < 4.78 is 5.71. The molecular formula is C29H44N6O3. The molecule has 1 N–H and O–H groups in total. The standard InChI is InChI=1S/C29H44N6O3/c1-2-24-8-4-5-9-27(24)34-16-18-35(19-17-34)29(37)26-23-38-28(30-26)22-33-14-12-32(13-15-33)21-25(36)20-31-10-6-3-7-11-31/h4-5,8-9,23,25,36H,2-3,6-7,10-22H2,1H3/t25-/m0/s1. The summed E-state index contributed by atoms with van der Waals surface area (Å²) in [4.78, 5) is 29.0. The number of β-amino-alcohol motifs (C(OH)–C–C–N with tert-alkyl or cyclic N) is 1. The molecule has 3 aliphatic heterocycles. The molecule has 9 nitrogen and oxygen atoms in total. The number of aliphatic hydroxyl groups is 1. The molecule has 0 bridgehead atoms. The number of benzene rings is 1. The van der Waals surface area contributed by atoms with Gasteiger partial charge in [0.2, 0.25) is 5.89 Å². The third-order valence-electron chi connectivity index (χ3n) is 8.26. The molecule has 9 heteroatoms. The molecule has 4 heterocycles. The number of piperidine rings is 1. The van der Waals surface area contributed by atoms with Crippen molar-refractivity contribution in [3.05, 3.63) is 47.7 Å². The lowest BCUT2D eigenvalue weighted by molar-refractivity contribution is 0.0434. The number of piperazine rings is 2. The molecule has 0 radical (unpaired) electrons. The van der Waals surface area contributed by atoms with E-state index in [0.29, 0.717) is 31.2 Å². The lowest BCUT2D eigenvalue weighted by Crippen LogP contribution is -2.50. The Morgan fingerprint density at radius 2 is 1.55 bits per heavy atom. The van der Waals surface area contributed by atoms with Crippen molar-refractivity contribution < 1.29 is 14.3 Å². The second-order valence-electron chi connectivity index (χ2n) is 11.0. The summed E-state index contributed by atoms with van der Waals surface area (Å²) in [6.45, 7) is 13.2. The zero-order chi connectivity index (χ0) is 26.3. The van der Waals surface area contributed by atoms with Crippen LogP contribution in [0.2, 0.25) is 0 Å². The Morgan fingerprint density at radius 3 is 2.26 bits per heavy atom. The maximum absolute atomic E-state index is 13.1. The first-order chi connectivity index (χ1) is 18.6. The Hall–Kier alpha value is -2.46. The van der Waals surface area contributed by atoms with E-state index in [4.69, 9.17) is 4.42 Å². The van der Waals surface area contributed by atoms with E-state index in [2.05, 4.69) is 55.8 Å². The lowest BCUT2D eigenvalue weighted by Gasteiger charge is -2.36. The van der Waals surface area contributed by atoms with Gasteiger partial charge >= 0.3 is 0 Å². The van der Waals surface area contributed by atoms with Crippen LogP contribution in [0.1, 0.15) is 48.1 Å². The molecule has 3 saturated heterocycles. The maximum atomic E-state index is 13.1. The first kappa shape index (κ1) is 27.1. The molecular weight excluding hydrogens is 480 g/mol. The summed E-state index contributed by atoms with van der Waals surface area (Å²) in [6, 6.07) is 8.54. The molecule has 1 aromatic heterocycles. The molecule has 5 rings (SSSR count). The van der Waals surface area contributed by atoms with Crippen LogP contribution >= 0.6 is 0 Å². The number of para-hydroxylation sites is 1. The van der Waals surface area contributed by atoms with Crippen LogP contribution in [-0.4, -0.2) is 120 Å². The number of amides is 1. The van der Waals surface area contributed by atoms with Gasteiger partial charge in [-0.3, -0.25) is 14.6 Å². The van der Waals surface area contributed by atoms with E-state index in [9.17, 15) is 9.90 Å². The van der Waals surface area contributed by atoms with E-state index >= 15 is 0 Å². The van der Waals surface area contributed by atoms with Crippen molar-refractivity contribution in [2.24, 2.45) is 0 Å². The molecule has 1 aromatic carbocycles. The van der Waals surface area contributed by atoms with Crippen LogP contribution in [0.25, 0.3) is 0 Å². The van der Waals surface area contributed by atoms with Crippen LogP contribution in [0, 0.1) is 0 Å². The Bertz CT molecular complexity index is 1020. The van der Waals surface area contributed by atoms with E-state index in [-0.39, 0.29) is 12.0 Å². The molecule has 38 heavy (non-hydrogen) atoms. The van der Waals surface area contributed by atoms with Gasteiger partial charge in [0, 0.05) is 71.1 Å². The molecule has 3 aliphatic rings. The number of oxazole rings is 1. The number of hydrogen-bond donors (Lipinski definition) is 1. The van der Waals surface area contributed by atoms with Crippen molar-refractivity contribution in [3.63, 3.8) is 0 Å². The first-order valence-electron chi connectivity index (χ1n) is 14.5. The summed E-state index contributed by atoms with van der Waals surface area (Å²) in [5.74, 6) is 0.554. The van der Waals surface area contributed by atoms with Crippen LogP contribution in [-0.2, 0) is 13.0 Å². The molecule has 0 unspecified atom stereocenters. The van der Waals surface area contributed by atoms with Crippen molar-refractivity contribution in [3.8, 4) is 0 Å². The monoisotopic (exact) mass is 524 g/mol. The van der Waals surface area contributed by atoms with E-state index in [1.54, 1.807) is 0 Å². The average Bonchev–Trinajstić information content (AvgIpc) is 3.43. The zero-order valence-electron chi connectivity index (χ0n) is 22.9. The minimum atomic E-state index is -0.289. The Morgan fingerprint density at radius 1 is 0.895 bits per heavy atom. The molecule has 1 amide bonds. The number of aryl methyl sites for hydroxylation is 1. The Balaban J connectivity index is 1.04. The minimum Gasteiger partial charge on any atom is -0.447 e. The molecule has 3 fully saturated rings. The van der Waals surface area contributed by atoms with Crippen molar-refractivity contribution in [1.29, 1.82) is 0 Å². The van der Waals surface area contributed by atoms with Crippen LogP contribution < -0.4 is 4.90 Å². The van der Waals surface area contributed by atoms with Gasteiger partial charge in [-0.05, 0) is 44.0 Å². The van der Waals surface area contributed by atoms with Crippen LogP contribution in [0.15, 0.2) is 34.9 Å². The van der Waals surface area contributed by atoms with Crippen LogP contribution in [0.4, 0.5) is 5.69 Å². The van der Waals surface area contributed by atoms with Crippen molar-refractivity contribution >= 4 is 11.6 Å². The molecule has 0 spiro atoms. The number of aliphatic hydroxyl groups excluding tert-OH is 1. The van der Waals surface area contributed by atoms with Crippen molar-refractivity contribution in [2.45, 2.75) is 45.3 Å². The van der Waals surface area contributed by atoms with Crippen LogP contribution in [0.3, 0.4) is 0 Å². The molecule has 208 valence electrons. The van der Waals surface area contributed by atoms with Gasteiger partial charge in [-0.1, -0.05) is 31.5 Å². The minimum absolute atomic E-state index is 0.0454. The molecule has 0 aliphatic carbocycles. The number of hydrogen-bond acceptors (Lipinski definition) is 8. The third-order valence-corrected chi connectivity index (χ3v) is 8.26. The SMILES string of the molecule is CCc1ccccc1N1CCN(C(=O)c2coc(CN3CCN(C[C@@H](O)CN4CCCCC4)CC3)n2)CC1. The Kier molecular flexibility index (Phi) is 9.32. The first-order valence-corrected chi connectivity index (χ1v) is 14.5. The highest BCUT2D eigenvalue weighted by Crippen LogP contribution is 2.23. The highest BCUT2D eigenvalue weighted by molar-refractivity contribution is 5.92. The quantitative estimate of drug-likeness (QED) is 0.535. The summed E-state index contributed by atoms with van der Waals surface area (Å²) in [7, 11) is 0. The van der Waals surface area contributed by atoms with Gasteiger partial charge in [0.1, 0.15) is 6.26 Å². The summed E-state index contributed by atoms with van der Waals surface area (Å²) >= 11 is 0. The van der Waals surface area contributed by atoms with Gasteiger partial charge in [0.15, 0.2) is 5.69 Å². The predicted molar refractivity (Wildman–Crippen MR) is 148 cm³/mol. The fourth-order valence-corrected chi connectivity index (χ4v) is 6.03. The van der Waals surface area contributed by atoms with E-state index in [1.807, 2.05) is 4.90 Å². The number of likely N-dealkylation sites (tertiary alicyclic amines) is 1. The van der Waals surface area contributed by atoms with Gasteiger partial charge in [-0.2, -0.15) is 0 Å². The predicted octanol–water partition coefficient (Wildman–Crippen LogP) is 2.16. The highest BCUT2D eigenvalue weighted by atomic mass is 16.3. The van der Waals surface area contributed by atoms with Gasteiger partial charge in [-0.25, -0.2) is 4.98 Å². The fraction of sp³-hybridized carbons (Fsp3) is 0.655. The topological polar surface area (TPSA) is 79.5 Å². The highest BCUT2D eigenvalue weighted by Gasteiger charge is 2.26. The fourth-order valence-electron chi connectivity index (χ4n) is 6.03. The number of nitrogens with zero attached hydrogens (tertiary/aromatic N) is 6. The number of aromatic nitrogens is 1. The van der Waals surface area contributed by atoms with Gasteiger partial charge in [0.25, 0.3) is 5.91 Å². The smallest absolute Gasteiger partial charge is 0.275 e. The molecule has 2 aromatic rings. The zero-order valence-corrected chi connectivity index (χ0v) is 22.9. The number of rotatable bonds is 9. The number of carbonyl (C=O) groups excluding carboxylic acids is 1. The van der Waals surface area contributed by atoms with Gasteiger partial charge in [0.05, 0.1) is 12.6 Å².